The van der Waals surface area contributed by atoms with Crippen LogP contribution in [0.25, 0.3) is 0 Å². The van der Waals surface area contributed by atoms with Crippen molar-refractivity contribution in [1.29, 1.82) is 5.41 Å². The fraction of sp³-hybridized carbons (Fsp3) is 0.593. The Bertz CT molecular complexity index is 1360. The maximum atomic E-state index is 15.4. The van der Waals surface area contributed by atoms with Gasteiger partial charge in [-0.2, -0.15) is 13.2 Å². The molecule has 3 aliphatic rings. The summed E-state index contributed by atoms with van der Waals surface area (Å²) in [6.45, 7) is 8.48. The van der Waals surface area contributed by atoms with Gasteiger partial charge in [-0.25, -0.2) is 19.3 Å². The van der Waals surface area contributed by atoms with Crippen LogP contribution in [-0.2, 0) is 21.6 Å². The van der Waals surface area contributed by atoms with Crippen LogP contribution in [-0.4, -0.2) is 63.6 Å². The summed E-state index contributed by atoms with van der Waals surface area (Å²) in [5, 5.41) is 8.07. The molecule has 2 saturated heterocycles. The Morgan fingerprint density at radius 3 is 2.51 bits per heavy atom. The van der Waals surface area contributed by atoms with E-state index < -0.39 is 42.0 Å². The lowest BCUT2D eigenvalue weighted by Gasteiger charge is -2.36. The monoisotopic (exact) mass is 578 g/mol. The molecule has 3 aliphatic heterocycles. The molecule has 10 nitrogen and oxygen atoms in total. The highest BCUT2D eigenvalue weighted by Gasteiger charge is 2.49. The quantitative estimate of drug-likeness (QED) is 0.309. The number of ether oxygens (including phenoxy) is 1. The third kappa shape index (κ3) is 5.23. The second-order valence-electron chi connectivity index (χ2n) is 11.8. The van der Waals surface area contributed by atoms with E-state index in [0.717, 1.165) is 11.3 Å². The normalized spacial score (nSPS) is 24.1. The van der Waals surface area contributed by atoms with Crippen molar-refractivity contribution >= 4 is 35.1 Å². The predicted molar refractivity (Wildman–Crippen MR) is 144 cm³/mol. The van der Waals surface area contributed by atoms with Crippen molar-refractivity contribution in [2.24, 2.45) is 11.8 Å². The van der Waals surface area contributed by atoms with Crippen molar-refractivity contribution in [1.82, 2.24) is 19.9 Å². The Morgan fingerprint density at radius 2 is 1.88 bits per heavy atom. The fourth-order valence-corrected chi connectivity index (χ4v) is 6.24. The first-order chi connectivity index (χ1) is 19.2. The van der Waals surface area contributed by atoms with Gasteiger partial charge >= 0.3 is 6.18 Å². The van der Waals surface area contributed by atoms with Crippen molar-refractivity contribution in [2.45, 2.75) is 71.2 Å². The van der Waals surface area contributed by atoms with Crippen LogP contribution in [0.5, 0.6) is 0 Å². The zero-order valence-electron chi connectivity index (χ0n) is 23.4. The van der Waals surface area contributed by atoms with Gasteiger partial charge in [0.05, 0.1) is 22.9 Å². The number of alkyl halides is 3. The Morgan fingerprint density at radius 1 is 1.20 bits per heavy atom. The van der Waals surface area contributed by atoms with Gasteiger partial charge in [0.25, 0.3) is 6.02 Å². The van der Waals surface area contributed by atoms with Gasteiger partial charge in [0.2, 0.25) is 5.91 Å². The number of nitrogens with two attached hydrogens (primary N) is 1. The molecule has 1 amide bonds. The molecule has 0 aromatic carbocycles. The molecule has 3 N–H and O–H groups in total. The number of pyridine rings is 1. The van der Waals surface area contributed by atoms with Crippen molar-refractivity contribution in [2.75, 3.05) is 35.2 Å². The highest BCUT2D eigenvalue weighted by molar-refractivity contribution is 6.12. The number of nitrogens with one attached hydrogen (secondary N) is 1. The summed E-state index contributed by atoms with van der Waals surface area (Å²) >= 11 is 0. The van der Waals surface area contributed by atoms with Crippen LogP contribution in [0.3, 0.4) is 0 Å². The molecule has 5 rings (SSSR count). The molecule has 2 fully saturated rings. The lowest BCUT2D eigenvalue weighted by atomic mass is 9.87. The van der Waals surface area contributed by atoms with E-state index in [4.69, 9.17) is 15.9 Å². The second kappa shape index (κ2) is 10.3. The second-order valence-corrected chi connectivity index (χ2v) is 11.8. The molecular formula is C27H34F4N8O2. The summed E-state index contributed by atoms with van der Waals surface area (Å²) in [5.41, 5.74) is 5.59. The minimum Gasteiger partial charge on any atom is -0.457 e. The molecular weight excluding hydrogens is 544 g/mol. The first-order valence-corrected chi connectivity index (χ1v) is 13.6. The zero-order chi connectivity index (χ0) is 29.9. The average Bonchev–Trinajstić information content (AvgIpc) is 3.44. The minimum atomic E-state index is -4.49. The number of nitrogens with zero attached hydrogens (tertiary/aromatic N) is 6. The third-order valence-electron chi connectivity index (χ3n) is 8.00. The van der Waals surface area contributed by atoms with Gasteiger partial charge in [0.15, 0.2) is 24.1 Å². The summed E-state index contributed by atoms with van der Waals surface area (Å²) in [6.07, 6.45) is -1.86. The summed E-state index contributed by atoms with van der Waals surface area (Å²) in [7, 11) is 0. The molecule has 2 aromatic rings. The zero-order valence-corrected chi connectivity index (χ0v) is 23.4. The van der Waals surface area contributed by atoms with E-state index in [9.17, 15) is 18.0 Å². The number of amidine groups is 1. The minimum absolute atomic E-state index is 0.0170. The van der Waals surface area contributed by atoms with Crippen LogP contribution in [0.15, 0.2) is 12.3 Å². The van der Waals surface area contributed by atoms with Crippen molar-refractivity contribution in [3.8, 4) is 0 Å². The van der Waals surface area contributed by atoms with Gasteiger partial charge < -0.3 is 20.3 Å². The van der Waals surface area contributed by atoms with Gasteiger partial charge in [-0.05, 0) is 44.9 Å². The maximum Gasteiger partial charge on any atom is 0.408 e. The Kier molecular flexibility index (Phi) is 7.23. The molecule has 2 aromatic heterocycles. The number of amides is 1. The number of rotatable bonds is 4. The number of aromatic nitrogens is 3. The van der Waals surface area contributed by atoms with E-state index >= 15 is 4.39 Å². The van der Waals surface area contributed by atoms with Crippen molar-refractivity contribution in [3.05, 3.63) is 29.5 Å². The number of piperidine rings is 1. The molecule has 14 heteroatoms. The standard InChI is InChI=1S/C27H34F4N8O2/c1-14-8-15(2)12-37(11-14)22-17(28)9-16(10-34-22)39-23-20(26(3,4)24(39)40)21(32)35-19(36-23)13-41-25(33)38-7-5-6-18(38)27(29,30)31/h9-10,14-15,18,33H,5-8,11-13H2,1-4H3,(H2,32,35,36)/t14-,15+,18-/m1/s1. The molecule has 0 aliphatic carbocycles. The first-order valence-electron chi connectivity index (χ1n) is 13.6. The lowest BCUT2D eigenvalue weighted by molar-refractivity contribution is -0.169. The van der Waals surface area contributed by atoms with Crippen LogP contribution >= 0.6 is 0 Å². The SMILES string of the molecule is C[C@@H]1C[C@H](C)CN(c2ncc(N3C(=O)C(C)(C)c4c(N)nc(COC(=N)N5CCC[C@@H]5C(F)(F)F)nc43)cc2F)C1. The summed E-state index contributed by atoms with van der Waals surface area (Å²) in [5.74, 6) is 0.0546. The van der Waals surface area contributed by atoms with Crippen LogP contribution in [0, 0.1) is 23.1 Å². The van der Waals surface area contributed by atoms with Crippen molar-refractivity contribution in [3.63, 3.8) is 0 Å². The fourth-order valence-electron chi connectivity index (χ4n) is 6.24. The lowest BCUT2D eigenvalue weighted by Crippen LogP contribution is -2.45. The smallest absolute Gasteiger partial charge is 0.408 e. The van der Waals surface area contributed by atoms with Gasteiger partial charge in [0, 0.05) is 25.7 Å². The number of hydrogen-bond acceptors (Lipinski definition) is 8. The van der Waals surface area contributed by atoms with E-state index in [0.29, 0.717) is 30.5 Å². The van der Waals surface area contributed by atoms with Crippen LogP contribution in [0.2, 0.25) is 0 Å². The van der Waals surface area contributed by atoms with Gasteiger partial charge in [-0.3, -0.25) is 15.1 Å². The van der Waals surface area contributed by atoms with Crippen LogP contribution < -0.4 is 15.5 Å². The van der Waals surface area contributed by atoms with Gasteiger partial charge in [-0.1, -0.05) is 13.8 Å². The number of likely N-dealkylation sites (tertiary alicyclic amines) is 1. The molecule has 0 saturated carbocycles. The number of carbonyl (C=O) groups excluding carboxylic acids is 1. The molecule has 3 atom stereocenters. The van der Waals surface area contributed by atoms with Crippen LogP contribution in [0.1, 0.15) is 58.3 Å². The number of hydrogen-bond donors (Lipinski definition) is 2. The topological polar surface area (TPSA) is 125 Å². The highest BCUT2D eigenvalue weighted by atomic mass is 19.4. The van der Waals surface area contributed by atoms with E-state index in [1.165, 1.54) is 17.2 Å². The molecule has 5 heterocycles. The summed E-state index contributed by atoms with van der Waals surface area (Å²) < 4.78 is 60.8. The number of fused-ring (bicyclic) bond motifs is 1. The number of nitrogen functional groups attached to an aromatic ring is 1. The predicted octanol–water partition coefficient (Wildman–Crippen LogP) is 4.51. The average molecular weight is 579 g/mol. The van der Waals surface area contributed by atoms with Crippen LogP contribution in [0.4, 0.5) is 40.7 Å². The number of carbonyl (C=O) groups is 1. The molecule has 0 bridgehead atoms. The molecule has 222 valence electrons. The maximum absolute atomic E-state index is 15.4. The summed E-state index contributed by atoms with van der Waals surface area (Å²) in [4.78, 5) is 30.6. The number of halogens is 4. The van der Waals surface area contributed by atoms with E-state index in [1.807, 2.05) is 4.90 Å². The van der Waals surface area contributed by atoms with E-state index in [1.54, 1.807) is 13.8 Å². The third-order valence-corrected chi connectivity index (χ3v) is 8.00. The number of anilines is 4. The van der Waals surface area contributed by atoms with Gasteiger partial charge in [-0.15, -0.1) is 0 Å². The van der Waals surface area contributed by atoms with E-state index in [2.05, 4.69) is 28.8 Å². The Hall–Kier alpha value is -3.71. The molecule has 0 radical (unpaired) electrons. The molecule has 0 unspecified atom stereocenters. The molecule has 0 spiro atoms. The highest BCUT2D eigenvalue weighted by Crippen LogP contribution is 2.46. The summed E-state index contributed by atoms with van der Waals surface area (Å²) in [6, 6.07) is -1.20. The van der Waals surface area contributed by atoms with Crippen molar-refractivity contribution < 1.29 is 27.1 Å². The molecule has 41 heavy (non-hydrogen) atoms. The Balaban J connectivity index is 1.42. The Labute approximate surface area is 235 Å². The van der Waals surface area contributed by atoms with E-state index in [-0.39, 0.29) is 48.4 Å². The largest absolute Gasteiger partial charge is 0.457 e. The van der Waals surface area contributed by atoms with Gasteiger partial charge in [0.1, 0.15) is 17.7 Å². The first kappa shape index (κ1) is 28.8.